The molecule has 2 aromatic heterocycles. The van der Waals surface area contributed by atoms with Crippen LogP contribution < -0.4 is 20.9 Å². The molecule has 0 bridgehead atoms. The van der Waals surface area contributed by atoms with Gasteiger partial charge in [0.1, 0.15) is 11.5 Å². The number of nitrogens with one attached hydrogen (secondary N) is 2. The summed E-state index contributed by atoms with van der Waals surface area (Å²) in [5.41, 5.74) is 0.916. The molecule has 34 heavy (non-hydrogen) atoms. The van der Waals surface area contributed by atoms with Crippen molar-refractivity contribution in [1.29, 1.82) is 0 Å². The Morgan fingerprint density at radius 1 is 1.21 bits per heavy atom. The lowest BCUT2D eigenvalue weighted by molar-refractivity contribution is 0.0964. The van der Waals surface area contributed by atoms with Crippen LogP contribution in [0, 0.1) is 0 Å². The zero-order chi connectivity index (χ0) is 23.9. The number of benzene rings is 1. The van der Waals surface area contributed by atoms with Crippen molar-refractivity contribution >= 4 is 22.9 Å². The van der Waals surface area contributed by atoms with Gasteiger partial charge in [-0.1, -0.05) is 6.08 Å². The number of carbonyl (C=O) groups is 1. The van der Waals surface area contributed by atoms with E-state index in [1.54, 1.807) is 25.0 Å². The van der Waals surface area contributed by atoms with Gasteiger partial charge in [0, 0.05) is 50.2 Å². The van der Waals surface area contributed by atoms with Crippen LogP contribution in [-0.4, -0.2) is 61.8 Å². The number of fused-ring (bicyclic) bond motifs is 1. The maximum atomic E-state index is 12.9. The van der Waals surface area contributed by atoms with Gasteiger partial charge in [-0.3, -0.25) is 9.59 Å². The van der Waals surface area contributed by atoms with Crippen LogP contribution >= 0.6 is 0 Å². The van der Waals surface area contributed by atoms with Crippen LogP contribution in [0.5, 0.6) is 5.75 Å². The Bertz CT molecular complexity index is 1190. The summed E-state index contributed by atoms with van der Waals surface area (Å²) in [5.74, 6) is 1.25. The van der Waals surface area contributed by atoms with Gasteiger partial charge in [-0.2, -0.15) is 0 Å². The third-order valence-corrected chi connectivity index (χ3v) is 6.37. The van der Waals surface area contributed by atoms with Gasteiger partial charge in [-0.25, -0.2) is 0 Å². The van der Waals surface area contributed by atoms with E-state index in [1.807, 2.05) is 36.4 Å². The van der Waals surface area contributed by atoms with Crippen molar-refractivity contribution < 1.29 is 13.9 Å². The highest BCUT2D eigenvalue weighted by Crippen LogP contribution is 2.23. The molecular formula is C26H32N4O4. The van der Waals surface area contributed by atoms with Crippen LogP contribution in [0.4, 0.5) is 0 Å². The molecule has 180 valence electrons. The van der Waals surface area contributed by atoms with Crippen molar-refractivity contribution in [3.63, 3.8) is 0 Å². The summed E-state index contributed by atoms with van der Waals surface area (Å²) in [4.78, 5) is 27.6. The first-order valence-electron chi connectivity index (χ1n) is 11.7. The predicted molar refractivity (Wildman–Crippen MR) is 133 cm³/mol. The molecule has 8 nitrogen and oxygen atoms in total. The third kappa shape index (κ3) is 5.58. The van der Waals surface area contributed by atoms with Crippen LogP contribution in [0.2, 0.25) is 0 Å². The second-order valence-corrected chi connectivity index (χ2v) is 8.45. The molecule has 0 spiro atoms. The van der Waals surface area contributed by atoms with E-state index in [0.29, 0.717) is 29.4 Å². The minimum Gasteiger partial charge on any atom is -0.497 e. The highest BCUT2D eigenvalue weighted by Gasteiger charge is 2.19. The van der Waals surface area contributed by atoms with Gasteiger partial charge < -0.3 is 29.3 Å². The quantitative estimate of drug-likeness (QED) is 0.506. The number of hydrogen-bond donors (Lipinski definition) is 2. The summed E-state index contributed by atoms with van der Waals surface area (Å²) in [6, 6.07) is 11.2. The van der Waals surface area contributed by atoms with Crippen molar-refractivity contribution in [2.24, 2.45) is 0 Å². The van der Waals surface area contributed by atoms with Gasteiger partial charge in [0.2, 0.25) is 0 Å². The molecule has 3 aromatic rings. The molecule has 1 aliphatic heterocycles. The minimum atomic E-state index is -0.270. The second kappa shape index (κ2) is 11.2. The molecule has 0 aliphatic carbocycles. The van der Waals surface area contributed by atoms with E-state index in [1.165, 1.54) is 6.07 Å². The average Bonchev–Trinajstić information content (AvgIpc) is 3.39. The lowest BCUT2D eigenvalue weighted by atomic mass is 10.0. The minimum absolute atomic E-state index is 0.181. The standard InChI is InChI=1S/C26H32N4O4/c1-27-26(32)23-18-25(31)30(24-17-21(33-2)7-8-22(23)24)15-14-29-12-9-19(10-13-29)28-11-3-5-20-6-4-16-34-20/h3-8,16-19,28H,9-15H2,1-2H3,(H,27,32)/b5-3+. The molecule has 0 unspecified atom stereocenters. The Morgan fingerprint density at radius 2 is 2.03 bits per heavy atom. The zero-order valence-electron chi connectivity index (χ0n) is 19.8. The van der Waals surface area contributed by atoms with E-state index in [0.717, 1.165) is 50.2 Å². The van der Waals surface area contributed by atoms with E-state index in [-0.39, 0.29) is 11.5 Å². The Morgan fingerprint density at radius 3 is 2.74 bits per heavy atom. The summed E-state index contributed by atoms with van der Waals surface area (Å²) in [6.07, 6.45) is 7.86. The van der Waals surface area contributed by atoms with Gasteiger partial charge in [0.15, 0.2) is 0 Å². The number of hydrogen-bond acceptors (Lipinski definition) is 6. The third-order valence-electron chi connectivity index (χ3n) is 6.37. The average molecular weight is 465 g/mol. The zero-order valence-corrected chi connectivity index (χ0v) is 19.8. The first kappa shape index (κ1) is 23.8. The number of aromatic nitrogens is 1. The molecule has 8 heteroatoms. The summed E-state index contributed by atoms with van der Waals surface area (Å²) in [5, 5.41) is 6.95. The maximum Gasteiger partial charge on any atom is 0.251 e. The van der Waals surface area contributed by atoms with Crippen molar-refractivity contribution in [2.75, 3.05) is 40.3 Å². The fraction of sp³-hybridized carbons (Fsp3) is 0.385. The monoisotopic (exact) mass is 464 g/mol. The lowest BCUT2D eigenvalue weighted by Crippen LogP contribution is -2.44. The van der Waals surface area contributed by atoms with Gasteiger partial charge >= 0.3 is 0 Å². The highest BCUT2D eigenvalue weighted by molar-refractivity contribution is 6.06. The first-order valence-corrected chi connectivity index (χ1v) is 11.7. The molecule has 1 aliphatic rings. The summed E-state index contributed by atoms with van der Waals surface area (Å²) < 4.78 is 12.4. The maximum absolute atomic E-state index is 12.9. The number of ether oxygens (including phenoxy) is 1. The summed E-state index contributed by atoms with van der Waals surface area (Å²) >= 11 is 0. The normalized spacial score (nSPS) is 15.2. The molecular weight excluding hydrogens is 432 g/mol. The molecule has 1 saturated heterocycles. The molecule has 1 fully saturated rings. The number of rotatable bonds is 9. The van der Waals surface area contributed by atoms with Crippen LogP contribution in [0.3, 0.4) is 0 Å². The van der Waals surface area contributed by atoms with Crippen LogP contribution in [0.15, 0.2) is 57.9 Å². The molecule has 0 saturated carbocycles. The molecule has 1 aromatic carbocycles. The van der Waals surface area contributed by atoms with E-state index in [4.69, 9.17) is 9.15 Å². The SMILES string of the molecule is CNC(=O)c1cc(=O)n(CCN2CCC(NC/C=C/c3ccco3)CC2)c2cc(OC)ccc12. The number of nitrogens with zero attached hydrogens (tertiary/aromatic N) is 2. The Balaban J connectivity index is 1.37. The molecule has 2 N–H and O–H groups in total. The molecule has 0 atom stereocenters. The van der Waals surface area contributed by atoms with Gasteiger partial charge in [0.05, 0.1) is 24.5 Å². The number of methoxy groups -OCH3 is 1. The molecule has 0 radical (unpaired) electrons. The number of likely N-dealkylation sites (tertiary alicyclic amines) is 1. The Kier molecular flexibility index (Phi) is 7.82. The summed E-state index contributed by atoms with van der Waals surface area (Å²) in [7, 11) is 3.16. The van der Waals surface area contributed by atoms with Crippen molar-refractivity contribution in [2.45, 2.75) is 25.4 Å². The number of piperidine rings is 1. The molecule has 3 heterocycles. The fourth-order valence-electron chi connectivity index (χ4n) is 4.44. The first-order chi connectivity index (χ1) is 16.6. The number of carbonyl (C=O) groups excluding carboxylic acids is 1. The van der Waals surface area contributed by atoms with Gasteiger partial charge in [0.25, 0.3) is 11.5 Å². The van der Waals surface area contributed by atoms with Crippen molar-refractivity contribution in [1.82, 2.24) is 20.1 Å². The summed E-state index contributed by atoms with van der Waals surface area (Å²) in [6.45, 7) is 4.10. The topological polar surface area (TPSA) is 88.7 Å². The Labute approximate surface area is 199 Å². The van der Waals surface area contributed by atoms with Gasteiger partial charge in [-0.05, 0) is 56.3 Å². The molecule has 1 amide bonds. The predicted octanol–water partition coefficient (Wildman–Crippen LogP) is 2.73. The number of furan rings is 1. The van der Waals surface area contributed by atoms with Crippen molar-refractivity contribution in [3.05, 3.63) is 70.4 Å². The Hall–Kier alpha value is -3.36. The largest absolute Gasteiger partial charge is 0.497 e. The van der Waals surface area contributed by atoms with Crippen LogP contribution in [0.25, 0.3) is 17.0 Å². The van der Waals surface area contributed by atoms with Crippen LogP contribution in [0.1, 0.15) is 29.0 Å². The van der Waals surface area contributed by atoms with Gasteiger partial charge in [-0.15, -0.1) is 0 Å². The van der Waals surface area contributed by atoms with E-state index >= 15 is 0 Å². The number of amides is 1. The van der Waals surface area contributed by atoms with Crippen molar-refractivity contribution in [3.8, 4) is 5.75 Å². The number of pyridine rings is 1. The van der Waals surface area contributed by atoms with E-state index in [9.17, 15) is 9.59 Å². The van der Waals surface area contributed by atoms with E-state index < -0.39 is 0 Å². The lowest BCUT2D eigenvalue weighted by Gasteiger charge is -2.32. The fourth-order valence-corrected chi connectivity index (χ4v) is 4.44. The second-order valence-electron chi connectivity index (χ2n) is 8.45. The smallest absolute Gasteiger partial charge is 0.251 e. The van der Waals surface area contributed by atoms with Crippen LogP contribution in [-0.2, 0) is 6.54 Å². The molecule has 4 rings (SSSR count). The van der Waals surface area contributed by atoms with E-state index in [2.05, 4.69) is 21.6 Å². The highest BCUT2D eigenvalue weighted by atomic mass is 16.5.